The van der Waals surface area contributed by atoms with Crippen LogP contribution in [0, 0.1) is 11.7 Å². The van der Waals surface area contributed by atoms with Crippen LogP contribution in [0.1, 0.15) is 43.1 Å². The molecule has 5 heteroatoms. The Balaban J connectivity index is 2.17. The van der Waals surface area contributed by atoms with Crippen molar-refractivity contribution in [3.05, 3.63) is 71.5 Å². The van der Waals surface area contributed by atoms with E-state index in [4.69, 9.17) is 0 Å². The van der Waals surface area contributed by atoms with Crippen LogP contribution in [0.4, 0.5) is 4.39 Å². The van der Waals surface area contributed by atoms with Crippen molar-refractivity contribution >= 4 is 11.8 Å². The number of amides is 2. The van der Waals surface area contributed by atoms with E-state index >= 15 is 0 Å². The second-order valence-electron chi connectivity index (χ2n) is 6.69. The van der Waals surface area contributed by atoms with Crippen LogP contribution in [-0.4, -0.2) is 29.3 Å². The fraction of sp³-hybridized carbons (Fsp3) is 0.364. The molecule has 0 fully saturated rings. The Morgan fingerprint density at radius 1 is 1.07 bits per heavy atom. The summed E-state index contributed by atoms with van der Waals surface area (Å²) >= 11 is 0. The number of benzene rings is 2. The van der Waals surface area contributed by atoms with Gasteiger partial charge in [-0.1, -0.05) is 50.6 Å². The van der Waals surface area contributed by atoms with Crippen LogP contribution in [0.5, 0.6) is 0 Å². The van der Waals surface area contributed by atoms with E-state index in [1.54, 1.807) is 41.3 Å². The maximum atomic E-state index is 13.5. The maximum absolute atomic E-state index is 13.5. The molecule has 4 nitrogen and oxygen atoms in total. The molecule has 2 rings (SSSR count). The van der Waals surface area contributed by atoms with Crippen molar-refractivity contribution in [1.82, 2.24) is 10.2 Å². The Labute approximate surface area is 160 Å². The van der Waals surface area contributed by atoms with E-state index in [0.29, 0.717) is 18.7 Å². The quantitative estimate of drug-likeness (QED) is 0.763. The molecule has 2 aromatic carbocycles. The minimum Gasteiger partial charge on any atom is -0.340 e. The highest BCUT2D eigenvalue weighted by atomic mass is 19.1. The van der Waals surface area contributed by atoms with Crippen LogP contribution >= 0.6 is 0 Å². The molecule has 2 atom stereocenters. The molecule has 0 aliphatic carbocycles. The van der Waals surface area contributed by atoms with Gasteiger partial charge in [-0.3, -0.25) is 9.59 Å². The zero-order valence-electron chi connectivity index (χ0n) is 16.1. The summed E-state index contributed by atoms with van der Waals surface area (Å²) in [6.45, 7) is 6.60. The van der Waals surface area contributed by atoms with E-state index < -0.39 is 6.04 Å². The molecule has 144 valence electrons. The molecule has 0 bridgehead atoms. The number of rotatable bonds is 8. The molecule has 0 radical (unpaired) electrons. The third-order valence-electron chi connectivity index (χ3n) is 4.76. The second kappa shape index (κ2) is 9.86. The van der Waals surface area contributed by atoms with Gasteiger partial charge >= 0.3 is 0 Å². The summed E-state index contributed by atoms with van der Waals surface area (Å²) in [5.41, 5.74) is 1.24. The molecule has 0 aromatic heterocycles. The zero-order chi connectivity index (χ0) is 19.8. The van der Waals surface area contributed by atoms with E-state index in [1.807, 2.05) is 26.8 Å². The summed E-state index contributed by atoms with van der Waals surface area (Å²) in [6, 6.07) is 14.5. The third-order valence-corrected chi connectivity index (χ3v) is 4.76. The van der Waals surface area contributed by atoms with Gasteiger partial charge in [0.1, 0.15) is 11.9 Å². The van der Waals surface area contributed by atoms with Crippen LogP contribution in [0.25, 0.3) is 0 Å². The largest absolute Gasteiger partial charge is 0.340 e. The van der Waals surface area contributed by atoms with Crippen LogP contribution in [0.15, 0.2) is 54.6 Å². The Hall–Kier alpha value is -2.69. The summed E-state index contributed by atoms with van der Waals surface area (Å²) in [7, 11) is 0. The summed E-state index contributed by atoms with van der Waals surface area (Å²) in [6.07, 6.45) is 0.753. The lowest BCUT2D eigenvalue weighted by atomic mass is 9.97. The smallest absolute Gasteiger partial charge is 0.251 e. The Morgan fingerprint density at radius 2 is 1.78 bits per heavy atom. The summed E-state index contributed by atoms with van der Waals surface area (Å²) in [5.74, 6) is -0.768. The van der Waals surface area contributed by atoms with Gasteiger partial charge in [0.05, 0.1) is 0 Å². The van der Waals surface area contributed by atoms with Crippen molar-refractivity contribution in [3.8, 4) is 0 Å². The van der Waals surface area contributed by atoms with E-state index in [-0.39, 0.29) is 23.5 Å². The monoisotopic (exact) mass is 370 g/mol. The number of carbonyl (C=O) groups excluding carboxylic acids is 2. The fourth-order valence-corrected chi connectivity index (χ4v) is 2.90. The highest BCUT2D eigenvalue weighted by Gasteiger charge is 2.29. The molecule has 0 heterocycles. The van der Waals surface area contributed by atoms with E-state index in [9.17, 15) is 14.0 Å². The third kappa shape index (κ3) is 5.64. The van der Waals surface area contributed by atoms with Gasteiger partial charge in [-0.25, -0.2) is 4.39 Å². The molecule has 27 heavy (non-hydrogen) atoms. The number of carbonyl (C=O) groups is 2. The predicted molar refractivity (Wildman–Crippen MR) is 105 cm³/mol. The number of likely N-dealkylation sites (N-methyl/N-ethyl adjacent to an activating group) is 1. The zero-order valence-corrected chi connectivity index (χ0v) is 16.1. The molecular formula is C22H27FN2O2. The Bertz CT molecular complexity index is 764. The van der Waals surface area contributed by atoms with E-state index in [1.165, 1.54) is 12.1 Å². The molecule has 0 saturated heterocycles. The van der Waals surface area contributed by atoms with Gasteiger partial charge in [0.15, 0.2) is 0 Å². The highest BCUT2D eigenvalue weighted by Crippen LogP contribution is 2.15. The number of hydrogen-bond acceptors (Lipinski definition) is 2. The van der Waals surface area contributed by atoms with Crippen molar-refractivity contribution in [2.24, 2.45) is 5.92 Å². The molecule has 0 aliphatic heterocycles. The van der Waals surface area contributed by atoms with Gasteiger partial charge in [0.25, 0.3) is 5.91 Å². The van der Waals surface area contributed by atoms with Gasteiger partial charge in [0.2, 0.25) is 5.91 Å². The van der Waals surface area contributed by atoms with Crippen LogP contribution < -0.4 is 5.32 Å². The average molecular weight is 370 g/mol. The average Bonchev–Trinajstić information content (AvgIpc) is 2.69. The van der Waals surface area contributed by atoms with Gasteiger partial charge in [-0.2, -0.15) is 0 Å². The van der Waals surface area contributed by atoms with Crippen molar-refractivity contribution in [3.63, 3.8) is 0 Å². The lowest BCUT2D eigenvalue weighted by Crippen LogP contribution is -2.51. The summed E-state index contributed by atoms with van der Waals surface area (Å²) in [4.78, 5) is 27.4. The molecule has 2 unspecified atom stereocenters. The first-order valence-electron chi connectivity index (χ1n) is 9.35. The molecule has 0 aliphatic rings. The molecule has 2 amide bonds. The molecule has 0 saturated carbocycles. The molecule has 1 N–H and O–H groups in total. The standard InChI is InChI=1S/C22H27FN2O2/c1-4-16(3)20(24-21(26)18-11-7-6-8-12-18)22(27)25(5-2)15-17-10-9-13-19(23)14-17/h6-14,16,20H,4-5,15H2,1-3H3,(H,24,26). The predicted octanol–water partition coefficient (Wildman–Crippen LogP) is 4.02. The van der Waals surface area contributed by atoms with Crippen molar-refractivity contribution in [2.45, 2.75) is 39.8 Å². The lowest BCUT2D eigenvalue weighted by Gasteiger charge is -2.30. The van der Waals surface area contributed by atoms with Gasteiger partial charge < -0.3 is 10.2 Å². The minimum atomic E-state index is -0.629. The first kappa shape index (κ1) is 20.6. The topological polar surface area (TPSA) is 49.4 Å². The van der Waals surface area contributed by atoms with Crippen molar-refractivity contribution in [1.29, 1.82) is 0 Å². The number of hydrogen-bond donors (Lipinski definition) is 1. The fourth-order valence-electron chi connectivity index (χ4n) is 2.90. The van der Waals surface area contributed by atoms with Crippen molar-refractivity contribution in [2.75, 3.05) is 6.54 Å². The normalized spacial score (nSPS) is 12.9. The highest BCUT2D eigenvalue weighted by molar-refractivity contribution is 5.97. The van der Waals surface area contributed by atoms with Crippen LogP contribution in [0.3, 0.4) is 0 Å². The maximum Gasteiger partial charge on any atom is 0.251 e. The molecular weight excluding hydrogens is 343 g/mol. The lowest BCUT2D eigenvalue weighted by molar-refractivity contribution is -0.135. The second-order valence-corrected chi connectivity index (χ2v) is 6.69. The Kier molecular flexibility index (Phi) is 7.53. The van der Waals surface area contributed by atoms with E-state index in [2.05, 4.69) is 5.32 Å². The van der Waals surface area contributed by atoms with Gasteiger partial charge in [-0.05, 0) is 42.7 Å². The van der Waals surface area contributed by atoms with Gasteiger partial charge in [-0.15, -0.1) is 0 Å². The molecule has 0 spiro atoms. The summed E-state index contributed by atoms with van der Waals surface area (Å²) < 4.78 is 13.5. The number of nitrogens with zero attached hydrogens (tertiary/aromatic N) is 1. The Morgan fingerprint density at radius 3 is 2.37 bits per heavy atom. The van der Waals surface area contributed by atoms with E-state index in [0.717, 1.165) is 12.0 Å². The number of halogens is 1. The molecule has 2 aromatic rings. The first-order valence-corrected chi connectivity index (χ1v) is 9.35. The van der Waals surface area contributed by atoms with Crippen LogP contribution in [-0.2, 0) is 11.3 Å². The van der Waals surface area contributed by atoms with Crippen molar-refractivity contribution < 1.29 is 14.0 Å². The summed E-state index contributed by atoms with van der Waals surface area (Å²) in [5, 5.41) is 2.89. The first-order chi connectivity index (χ1) is 13.0. The SMILES string of the molecule is CCC(C)C(NC(=O)c1ccccc1)C(=O)N(CC)Cc1cccc(F)c1. The van der Waals surface area contributed by atoms with Crippen LogP contribution in [0.2, 0.25) is 0 Å². The van der Waals surface area contributed by atoms with Gasteiger partial charge in [0, 0.05) is 18.7 Å². The number of nitrogens with one attached hydrogen (secondary N) is 1. The minimum absolute atomic E-state index is 0.0216.